The first-order chi connectivity index (χ1) is 11.6. The van der Waals surface area contributed by atoms with Crippen LogP contribution in [0.2, 0.25) is 0 Å². The zero-order chi connectivity index (χ0) is 17.1. The molecule has 0 spiro atoms. The average molecular weight is 346 g/mol. The fourth-order valence-electron chi connectivity index (χ4n) is 3.43. The molecule has 1 saturated heterocycles. The fourth-order valence-corrected chi connectivity index (χ4v) is 4.17. The largest absolute Gasteiger partial charge is 0.338 e. The lowest BCUT2D eigenvalue weighted by atomic mass is 10.0. The van der Waals surface area contributed by atoms with Crippen LogP contribution in [-0.2, 0) is 24.2 Å². The van der Waals surface area contributed by atoms with E-state index in [-0.39, 0.29) is 11.9 Å². The van der Waals surface area contributed by atoms with E-state index >= 15 is 0 Å². The summed E-state index contributed by atoms with van der Waals surface area (Å²) in [6.07, 6.45) is 4.69. The highest BCUT2D eigenvalue weighted by Gasteiger charge is 2.28. The zero-order valence-corrected chi connectivity index (χ0v) is 15.6. The van der Waals surface area contributed by atoms with Crippen LogP contribution < -0.4 is 0 Å². The van der Waals surface area contributed by atoms with Gasteiger partial charge in [0.2, 0.25) is 5.91 Å². The molecule has 2 aromatic heterocycles. The maximum Gasteiger partial charge on any atom is 0.228 e. The second kappa shape index (κ2) is 7.47. The van der Waals surface area contributed by atoms with Crippen molar-refractivity contribution in [1.29, 1.82) is 0 Å². The van der Waals surface area contributed by atoms with Gasteiger partial charge in [0.05, 0.1) is 35.4 Å². The molecule has 0 saturated carbocycles. The number of thiazole rings is 1. The van der Waals surface area contributed by atoms with Gasteiger partial charge in [-0.25, -0.2) is 4.98 Å². The maximum absolute atomic E-state index is 12.8. The van der Waals surface area contributed by atoms with Crippen molar-refractivity contribution in [3.8, 4) is 0 Å². The van der Waals surface area contributed by atoms with E-state index in [1.165, 1.54) is 6.42 Å². The minimum Gasteiger partial charge on any atom is -0.338 e. The van der Waals surface area contributed by atoms with Crippen LogP contribution in [-0.4, -0.2) is 38.2 Å². The number of carbonyl (C=O) groups is 1. The number of hydrogen-bond acceptors (Lipinski definition) is 4. The zero-order valence-electron chi connectivity index (χ0n) is 14.8. The van der Waals surface area contributed by atoms with Crippen LogP contribution in [0.25, 0.3) is 0 Å². The standard InChI is InChI=1S/C18H26N4OS/c1-4-17-19-15(12-24-17)10-18(23)21-8-6-5-7-16(21)11-22-14(3)9-13(2)20-22/h9,12,16H,4-8,10-11H2,1-3H3/t16-/m0/s1. The van der Waals surface area contributed by atoms with Crippen molar-refractivity contribution in [1.82, 2.24) is 19.7 Å². The number of nitrogens with zero attached hydrogens (tertiary/aromatic N) is 4. The molecule has 5 nitrogen and oxygen atoms in total. The first-order valence-corrected chi connectivity index (χ1v) is 9.68. The Kier molecular flexibility index (Phi) is 5.33. The fraction of sp³-hybridized carbons (Fsp3) is 0.611. The molecule has 0 N–H and O–H groups in total. The highest BCUT2D eigenvalue weighted by molar-refractivity contribution is 7.09. The Morgan fingerprint density at radius 1 is 1.38 bits per heavy atom. The average Bonchev–Trinajstić information content (AvgIpc) is 3.14. The van der Waals surface area contributed by atoms with Gasteiger partial charge in [-0.3, -0.25) is 9.48 Å². The monoisotopic (exact) mass is 346 g/mol. The van der Waals surface area contributed by atoms with Crippen molar-refractivity contribution in [3.05, 3.63) is 33.5 Å². The number of piperidine rings is 1. The van der Waals surface area contributed by atoms with Gasteiger partial charge in [-0.15, -0.1) is 11.3 Å². The molecule has 1 aliphatic heterocycles. The maximum atomic E-state index is 12.8. The van der Waals surface area contributed by atoms with Crippen molar-refractivity contribution in [2.24, 2.45) is 0 Å². The highest BCUT2D eigenvalue weighted by Crippen LogP contribution is 2.21. The van der Waals surface area contributed by atoms with E-state index in [2.05, 4.69) is 34.9 Å². The Bertz CT molecular complexity index is 706. The summed E-state index contributed by atoms with van der Waals surface area (Å²) >= 11 is 1.65. The predicted molar refractivity (Wildman–Crippen MR) is 96.2 cm³/mol. The minimum atomic E-state index is 0.203. The lowest BCUT2D eigenvalue weighted by molar-refractivity contribution is -0.134. The minimum absolute atomic E-state index is 0.203. The molecule has 0 aliphatic carbocycles. The summed E-state index contributed by atoms with van der Waals surface area (Å²) in [5, 5.41) is 7.70. The molecule has 0 unspecified atom stereocenters. The molecule has 2 aromatic rings. The number of likely N-dealkylation sites (tertiary alicyclic amines) is 1. The summed E-state index contributed by atoms with van der Waals surface area (Å²) in [5.41, 5.74) is 3.12. The molecular weight excluding hydrogens is 320 g/mol. The van der Waals surface area contributed by atoms with E-state index < -0.39 is 0 Å². The van der Waals surface area contributed by atoms with Crippen LogP contribution in [0.5, 0.6) is 0 Å². The second-order valence-corrected chi connectivity index (χ2v) is 7.55. The number of amides is 1. The lowest BCUT2D eigenvalue weighted by Crippen LogP contribution is -2.46. The lowest BCUT2D eigenvalue weighted by Gasteiger charge is -2.36. The second-order valence-electron chi connectivity index (χ2n) is 6.61. The normalized spacial score (nSPS) is 18.1. The van der Waals surface area contributed by atoms with Crippen LogP contribution in [0.15, 0.2) is 11.4 Å². The molecule has 0 radical (unpaired) electrons. The van der Waals surface area contributed by atoms with Gasteiger partial charge in [0.25, 0.3) is 0 Å². The third kappa shape index (κ3) is 3.86. The summed E-state index contributed by atoms with van der Waals surface area (Å²) in [7, 11) is 0. The molecule has 24 heavy (non-hydrogen) atoms. The van der Waals surface area contributed by atoms with Crippen molar-refractivity contribution >= 4 is 17.2 Å². The van der Waals surface area contributed by atoms with Crippen LogP contribution in [0.4, 0.5) is 0 Å². The summed E-state index contributed by atoms with van der Waals surface area (Å²) in [5.74, 6) is 0.203. The molecule has 0 bridgehead atoms. The third-order valence-electron chi connectivity index (χ3n) is 4.67. The SMILES string of the molecule is CCc1nc(CC(=O)N2CCCC[C@H]2Cn2nc(C)cc2C)cs1. The van der Waals surface area contributed by atoms with Gasteiger partial charge in [0.1, 0.15) is 0 Å². The van der Waals surface area contributed by atoms with Gasteiger partial charge in [0.15, 0.2) is 0 Å². The Morgan fingerprint density at radius 3 is 2.88 bits per heavy atom. The number of aryl methyl sites for hydroxylation is 3. The molecule has 1 atom stereocenters. The number of carbonyl (C=O) groups excluding carboxylic acids is 1. The smallest absolute Gasteiger partial charge is 0.228 e. The molecule has 0 aromatic carbocycles. The van der Waals surface area contributed by atoms with E-state index in [0.29, 0.717) is 6.42 Å². The molecular formula is C18H26N4OS. The number of hydrogen-bond donors (Lipinski definition) is 0. The molecule has 1 fully saturated rings. The molecule has 1 amide bonds. The Morgan fingerprint density at radius 2 is 2.21 bits per heavy atom. The number of rotatable bonds is 5. The number of aromatic nitrogens is 3. The molecule has 130 valence electrons. The van der Waals surface area contributed by atoms with Crippen LogP contribution >= 0.6 is 11.3 Å². The first kappa shape index (κ1) is 17.1. The summed E-state index contributed by atoms with van der Waals surface area (Å²) in [6.45, 7) is 7.84. The van der Waals surface area contributed by atoms with Gasteiger partial charge in [-0.1, -0.05) is 6.92 Å². The van der Waals surface area contributed by atoms with Crippen LogP contribution in [0, 0.1) is 13.8 Å². The molecule has 1 aliphatic rings. The van der Waals surface area contributed by atoms with Gasteiger partial charge in [-0.05, 0) is 45.6 Å². The van der Waals surface area contributed by atoms with Gasteiger partial charge in [-0.2, -0.15) is 5.10 Å². The molecule has 3 rings (SSSR count). The summed E-state index contributed by atoms with van der Waals surface area (Å²) < 4.78 is 2.05. The van der Waals surface area contributed by atoms with E-state index in [9.17, 15) is 4.79 Å². The Labute approximate surface area is 147 Å². The van der Waals surface area contributed by atoms with Gasteiger partial charge in [0, 0.05) is 17.6 Å². The highest BCUT2D eigenvalue weighted by atomic mass is 32.1. The topological polar surface area (TPSA) is 51.0 Å². The van der Waals surface area contributed by atoms with Crippen LogP contribution in [0.3, 0.4) is 0 Å². The van der Waals surface area contributed by atoms with Gasteiger partial charge >= 0.3 is 0 Å². The van der Waals surface area contributed by atoms with Gasteiger partial charge < -0.3 is 4.90 Å². The Hall–Kier alpha value is -1.69. The first-order valence-electron chi connectivity index (χ1n) is 8.80. The van der Waals surface area contributed by atoms with Crippen molar-refractivity contribution in [3.63, 3.8) is 0 Å². The van der Waals surface area contributed by atoms with Crippen molar-refractivity contribution in [2.45, 2.75) is 65.5 Å². The van der Waals surface area contributed by atoms with Crippen molar-refractivity contribution < 1.29 is 4.79 Å². The summed E-state index contributed by atoms with van der Waals surface area (Å²) in [4.78, 5) is 19.4. The van der Waals surface area contributed by atoms with E-state index in [4.69, 9.17) is 0 Å². The Balaban J connectivity index is 1.69. The predicted octanol–water partition coefficient (Wildman–Crippen LogP) is 3.14. The van der Waals surface area contributed by atoms with E-state index in [1.54, 1.807) is 11.3 Å². The summed E-state index contributed by atoms with van der Waals surface area (Å²) in [6, 6.07) is 2.34. The van der Waals surface area contributed by atoms with Crippen LogP contribution in [0.1, 0.15) is 48.3 Å². The van der Waals surface area contributed by atoms with E-state index in [0.717, 1.165) is 54.4 Å². The molecule has 6 heteroatoms. The third-order valence-corrected chi connectivity index (χ3v) is 5.71. The van der Waals surface area contributed by atoms with Crippen molar-refractivity contribution in [2.75, 3.05) is 6.54 Å². The molecule has 3 heterocycles. The van der Waals surface area contributed by atoms with E-state index in [1.807, 2.05) is 17.0 Å². The quantitative estimate of drug-likeness (QED) is 0.836.